The summed E-state index contributed by atoms with van der Waals surface area (Å²) >= 11 is 0. The fourth-order valence-corrected chi connectivity index (χ4v) is 5.53. The molecular weight excluding hydrogens is 256 g/mol. The van der Waals surface area contributed by atoms with Gasteiger partial charge in [0.15, 0.2) is 0 Å². The van der Waals surface area contributed by atoms with E-state index >= 15 is 0 Å². The zero-order chi connectivity index (χ0) is 15.9. The lowest BCUT2D eigenvalue weighted by Gasteiger charge is -2.61. The molecule has 2 aliphatic carbocycles. The van der Waals surface area contributed by atoms with E-state index in [-0.39, 0.29) is 5.41 Å². The summed E-state index contributed by atoms with van der Waals surface area (Å²) in [5.41, 5.74) is 1.38. The molecule has 2 rings (SSSR count). The molecule has 0 amide bonds. The van der Waals surface area contributed by atoms with E-state index in [2.05, 4.69) is 47.3 Å². The van der Waals surface area contributed by atoms with E-state index in [1.807, 2.05) is 6.08 Å². The second kappa shape index (κ2) is 5.57. The fourth-order valence-electron chi connectivity index (χ4n) is 5.53. The number of rotatable bonds is 3. The average Bonchev–Trinajstić information content (AvgIpc) is 2.35. The monoisotopic (exact) mass is 290 g/mol. The number of hydrogen-bond acceptors (Lipinski definition) is 1. The van der Waals surface area contributed by atoms with Gasteiger partial charge in [-0.25, -0.2) is 0 Å². The molecule has 1 N–H and O–H groups in total. The maximum Gasteiger partial charge on any atom is 0.0656 e. The van der Waals surface area contributed by atoms with Gasteiger partial charge in [-0.1, -0.05) is 51.5 Å². The minimum absolute atomic E-state index is 0.265. The molecular formula is C20H34O. The van der Waals surface area contributed by atoms with Crippen molar-refractivity contribution in [3.8, 4) is 0 Å². The van der Waals surface area contributed by atoms with Crippen LogP contribution in [0.4, 0.5) is 0 Å². The van der Waals surface area contributed by atoms with Gasteiger partial charge < -0.3 is 5.11 Å². The van der Waals surface area contributed by atoms with Crippen molar-refractivity contribution in [2.75, 3.05) is 0 Å². The van der Waals surface area contributed by atoms with Crippen molar-refractivity contribution in [1.29, 1.82) is 0 Å². The lowest BCUT2D eigenvalue weighted by molar-refractivity contribution is -0.165. The summed E-state index contributed by atoms with van der Waals surface area (Å²) < 4.78 is 0. The van der Waals surface area contributed by atoms with E-state index in [1.54, 1.807) is 0 Å². The largest absolute Gasteiger partial charge is 0.390 e. The molecule has 0 unspecified atom stereocenters. The van der Waals surface area contributed by atoms with Crippen LogP contribution in [0.1, 0.15) is 73.1 Å². The van der Waals surface area contributed by atoms with E-state index in [9.17, 15) is 5.11 Å². The van der Waals surface area contributed by atoms with Crippen LogP contribution >= 0.6 is 0 Å². The Bertz CT molecular complexity index is 429. The molecule has 0 heterocycles. The SMILES string of the molecule is C=C/C(C)=C/C[C@@H]1[C@@]2(C)CCCC(C)(C)[C@H]2CC[C@@]1(C)O. The Morgan fingerprint density at radius 1 is 1.19 bits per heavy atom. The third-order valence-corrected chi connectivity index (χ3v) is 6.76. The molecule has 1 nitrogen and oxygen atoms in total. The number of fused-ring (bicyclic) bond motifs is 1. The second-order valence-corrected chi connectivity index (χ2v) is 8.74. The molecule has 0 radical (unpaired) electrons. The fraction of sp³-hybridized carbons (Fsp3) is 0.800. The van der Waals surface area contributed by atoms with Crippen molar-refractivity contribution in [3.05, 3.63) is 24.3 Å². The Balaban J connectivity index is 2.35. The maximum atomic E-state index is 11.0. The number of aliphatic hydroxyl groups is 1. The summed E-state index contributed by atoms with van der Waals surface area (Å²) in [4.78, 5) is 0. The molecule has 1 heteroatoms. The highest BCUT2D eigenvalue weighted by Gasteiger charge is 2.57. The number of allylic oxidation sites excluding steroid dienone is 3. The smallest absolute Gasteiger partial charge is 0.0656 e. The Kier molecular flexibility index (Phi) is 4.46. The van der Waals surface area contributed by atoms with Crippen LogP contribution in [0.2, 0.25) is 0 Å². The molecule has 0 bridgehead atoms. The molecule has 0 spiro atoms. The highest BCUT2D eigenvalue weighted by Crippen LogP contribution is 2.62. The van der Waals surface area contributed by atoms with Crippen molar-refractivity contribution in [2.45, 2.75) is 78.7 Å². The first kappa shape index (κ1) is 16.8. The van der Waals surface area contributed by atoms with Crippen molar-refractivity contribution >= 4 is 0 Å². The summed E-state index contributed by atoms with van der Waals surface area (Å²) in [5, 5.41) is 11.0. The average molecular weight is 290 g/mol. The minimum atomic E-state index is -0.531. The lowest BCUT2D eigenvalue weighted by atomic mass is 9.45. The van der Waals surface area contributed by atoms with E-state index in [1.165, 1.54) is 31.3 Å². The predicted octanol–water partition coefficient (Wildman–Crippen LogP) is 5.50. The molecule has 0 aromatic rings. The van der Waals surface area contributed by atoms with Gasteiger partial charge >= 0.3 is 0 Å². The van der Waals surface area contributed by atoms with Crippen LogP contribution in [0.25, 0.3) is 0 Å². The van der Waals surface area contributed by atoms with E-state index in [0.717, 1.165) is 18.8 Å². The van der Waals surface area contributed by atoms with Gasteiger partial charge in [0, 0.05) is 0 Å². The van der Waals surface area contributed by atoms with Gasteiger partial charge in [0.05, 0.1) is 5.60 Å². The summed E-state index contributed by atoms with van der Waals surface area (Å²) in [6.45, 7) is 15.4. The number of hydrogen-bond donors (Lipinski definition) is 1. The van der Waals surface area contributed by atoms with Crippen molar-refractivity contribution in [3.63, 3.8) is 0 Å². The predicted molar refractivity (Wildman–Crippen MR) is 91.1 cm³/mol. The third-order valence-electron chi connectivity index (χ3n) is 6.76. The lowest BCUT2D eigenvalue weighted by Crippen LogP contribution is -2.57. The Labute approximate surface area is 131 Å². The van der Waals surface area contributed by atoms with Crippen LogP contribution in [0.3, 0.4) is 0 Å². The second-order valence-electron chi connectivity index (χ2n) is 8.74. The molecule has 2 fully saturated rings. The zero-order valence-electron chi connectivity index (χ0n) is 14.7. The highest BCUT2D eigenvalue weighted by atomic mass is 16.3. The molecule has 0 saturated heterocycles. The zero-order valence-corrected chi connectivity index (χ0v) is 14.7. The standard InChI is InChI=1S/C20H34O/c1-7-15(2)9-10-17-19(5)13-8-12-18(3,4)16(19)11-14-20(17,6)21/h7,9,16-17,21H,1,8,10-14H2,2-6H3/b15-9+/t16-,17-,19+,20-/m1/s1. The first-order valence-electron chi connectivity index (χ1n) is 8.65. The van der Waals surface area contributed by atoms with Gasteiger partial charge in [-0.15, -0.1) is 0 Å². The summed E-state index contributed by atoms with van der Waals surface area (Å²) in [6, 6.07) is 0. The van der Waals surface area contributed by atoms with Crippen molar-refractivity contribution < 1.29 is 5.11 Å². The maximum absolute atomic E-state index is 11.0. The van der Waals surface area contributed by atoms with Gasteiger partial charge in [0.25, 0.3) is 0 Å². The van der Waals surface area contributed by atoms with E-state index in [4.69, 9.17) is 0 Å². The van der Waals surface area contributed by atoms with Gasteiger partial charge in [-0.3, -0.25) is 0 Å². The van der Waals surface area contributed by atoms with Crippen LogP contribution in [0.5, 0.6) is 0 Å². The van der Waals surface area contributed by atoms with E-state index in [0.29, 0.717) is 11.3 Å². The normalized spacial score (nSPS) is 43.2. The third kappa shape index (κ3) is 2.99. The summed E-state index contributed by atoms with van der Waals surface area (Å²) in [7, 11) is 0. The van der Waals surface area contributed by atoms with Crippen molar-refractivity contribution in [1.82, 2.24) is 0 Å². The van der Waals surface area contributed by atoms with Gasteiger partial charge in [0.2, 0.25) is 0 Å². The molecule has 120 valence electrons. The Morgan fingerprint density at radius 2 is 1.86 bits per heavy atom. The van der Waals surface area contributed by atoms with Crippen LogP contribution in [0, 0.1) is 22.7 Å². The van der Waals surface area contributed by atoms with E-state index < -0.39 is 5.60 Å². The Hall–Kier alpha value is -0.560. The van der Waals surface area contributed by atoms with Crippen LogP contribution in [-0.2, 0) is 0 Å². The minimum Gasteiger partial charge on any atom is -0.390 e. The first-order valence-corrected chi connectivity index (χ1v) is 8.65. The first-order chi connectivity index (χ1) is 9.63. The van der Waals surface area contributed by atoms with Crippen molar-refractivity contribution in [2.24, 2.45) is 22.7 Å². The highest BCUT2D eigenvalue weighted by molar-refractivity contribution is 5.15. The molecule has 0 aliphatic heterocycles. The molecule has 4 atom stereocenters. The van der Waals surface area contributed by atoms with Crippen LogP contribution in [0.15, 0.2) is 24.3 Å². The molecule has 0 aromatic carbocycles. The summed E-state index contributed by atoms with van der Waals surface area (Å²) in [5.74, 6) is 1.10. The Morgan fingerprint density at radius 3 is 2.48 bits per heavy atom. The van der Waals surface area contributed by atoms with Gasteiger partial charge in [-0.05, 0) is 68.6 Å². The molecule has 2 aliphatic rings. The quantitative estimate of drug-likeness (QED) is 0.680. The van der Waals surface area contributed by atoms with Gasteiger partial charge in [-0.2, -0.15) is 0 Å². The summed E-state index contributed by atoms with van der Waals surface area (Å²) in [6.07, 6.45) is 11.2. The van der Waals surface area contributed by atoms with Crippen LogP contribution in [-0.4, -0.2) is 10.7 Å². The molecule has 2 saturated carbocycles. The topological polar surface area (TPSA) is 20.2 Å². The van der Waals surface area contributed by atoms with Crippen LogP contribution < -0.4 is 0 Å². The molecule has 21 heavy (non-hydrogen) atoms. The van der Waals surface area contributed by atoms with Gasteiger partial charge in [0.1, 0.15) is 0 Å². The molecule has 0 aromatic heterocycles.